The Morgan fingerprint density at radius 1 is 1.42 bits per heavy atom. The minimum absolute atomic E-state index is 0.0351. The van der Waals surface area contributed by atoms with Crippen molar-refractivity contribution < 1.29 is 19.2 Å². The number of phenolic OH excluding ortho intramolecular Hbond substituents is 1. The summed E-state index contributed by atoms with van der Waals surface area (Å²) in [6.45, 7) is 0. The molecule has 8 heteroatoms. The van der Waals surface area contributed by atoms with Crippen molar-refractivity contribution in [1.82, 2.24) is 0 Å². The summed E-state index contributed by atoms with van der Waals surface area (Å²) in [6, 6.07) is 4.68. The zero-order valence-electron chi connectivity index (χ0n) is 9.29. The second kappa shape index (κ2) is 4.99. The average Bonchev–Trinajstić information content (AvgIpc) is 2.77. The molecule has 0 saturated heterocycles. The number of carbonyl (C=O) groups is 1. The van der Waals surface area contributed by atoms with Crippen LogP contribution in [0.3, 0.4) is 0 Å². The predicted molar refractivity (Wildman–Crippen MR) is 66.4 cm³/mol. The minimum Gasteiger partial charge on any atom is -0.506 e. The summed E-state index contributed by atoms with van der Waals surface area (Å²) in [6.07, 6.45) is 1.24. The first-order valence-electron chi connectivity index (χ1n) is 5.01. The summed E-state index contributed by atoms with van der Waals surface area (Å²) >= 11 is 5.63. The van der Waals surface area contributed by atoms with Crippen molar-refractivity contribution >= 4 is 28.9 Å². The maximum absolute atomic E-state index is 11.8. The highest BCUT2D eigenvalue weighted by Gasteiger charge is 2.16. The molecule has 0 spiro atoms. The second-order valence-corrected chi connectivity index (χ2v) is 3.86. The molecule has 19 heavy (non-hydrogen) atoms. The topological polar surface area (TPSA) is 106 Å². The molecule has 0 radical (unpaired) electrons. The summed E-state index contributed by atoms with van der Waals surface area (Å²) in [7, 11) is 0. The van der Waals surface area contributed by atoms with E-state index in [0.717, 1.165) is 12.1 Å². The van der Waals surface area contributed by atoms with E-state index in [2.05, 4.69) is 5.32 Å². The van der Waals surface area contributed by atoms with Gasteiger partial charge in [-0.2, -0.15) is 0 Å². The van der Waals surface area contributed by atoms with Crippen LogP contribution in [-0.2, 0) is 0 Å². The van der Waals surface area contributed by atoms with Crippen LogP contribution < -0.4 is 5.32 Å². The maximum atomic E-state index is 11.8. The summed E-state index contributed by atoms with van der Waals surface area (Å²) in [5.41, 5.74) is -0.149. The molecule has 2 rings (SSSR count). The Bertz CT molecular complexity index is 652. The number of halogens is 1. The van der Waals surface area contributed by atoms with Crippen LogP contribution in [0.1, 0.15) is 10.4 Å². The van der Waals surface area contributed by atoms with Crippen LogP contribution in [0.4, 0.5) is 11.4 Å². The van der Waals surface area contributed by atoms with Crippen LogP contribution in [0.2, 0.25) is 5.22 Å². The molecular formula is C11H7ClN2O5. The molecule has 0 aliphatic heterocycles. The van der Waals surface area contributed by atoms with Crippen molar-refractivity contribution in [1.29, 1.82) is 0 Å². The summed E-state index contributed by atoms with van der Waals surface area (Å²) < 4.78 is 4.76. The molecule has 1 amide bonds. The molecular weight excluding hydrogens is 276 g/mol. The van der Waals surface area contributed by atoms with Gasteiger partial charge in [0.1, 0.15) is 5.75 Å². The number of benzene rings is 1. The van der Waals surface area contributed by atoms with E-state index < -0.39 is 16.6 Å². The molecule has 1 aromatic heterocycles. The van der Waals surface area contributed by atoms with Crippen LogP contribution in [0.5, 0.6) is 5.75 Å². The van der Waals surface area contributed by atoms with Crippen molar-refractivity contribution in [2.75, 3.05) is 5.32 Å². The summed E-state index contributed by atoms with van der Waals surface area (Å²) in [5.74, 6) is -1.01. The molecule has 0 aliphatic carbocycles. The van der Waals surface area contributed by atoms with Gasteiger partial charge in [-0.3, -0.25) is 14.9 Å². The normalized spacial score (nSPS) is 10.2. The first-order valence-corrected chi connectivity index (χ1v) is 5.38. The lowest BCUT2D eigenvalue weighted by Crippen LogP contribution is -2.11. The number of amides is 1. The fourth-order valence-electron chi connectivity index (χ4n) is 1.38. The number of hydrogen-bond acceptors (Lipinski definition) is 5. The highest BCUT2D eigenvalue weighted by molar-refractivity contribution is 6.32. The van der Waals surface area contributed by atoms with Gasteiger partial charge < -0.3 is 14.8 Å². The summed E-state index contributed by atoms with van der Waals surface area (Å²) in [5, 5.41) is 22.4. The van der Waals surface area contributed by atoms with Gasteiger partial charge >= 0.3 is 0 Å². The highest BCUT2D eigenvalue weighted by Crippen LogP contribution is 2.28. The van der Waals surface area contributed by atoms with Gasteiger partial charge in [-0.15, -0.1) is 0 Å². The van der Waals surface area contributed by atoms with Gasteiger partial charge in [-0.05, 0) is 23.7 Å². The zero-order chi connectivity index (χ0) is 14.0. The molecule has 1 heterocycles. The van der Waals surface area contributed by atoms with Crippen LogP contribution >= 0.6 is 11.6 Å². The van der Waals surface area contributed by atoms with E-state index in [-0.39, 0.29) is 22.2 Å². The van der Waals surface area contributed by atoms with E-state index in [9.17, 15) is 20.0 Å². The van der Waals surface area contributed by atoms with Crippen LogP contribution in [-0.4, -0.2) is 15.9 Å². The Balaban J connectivity index is 2.23. The standard InChI is InChI=1S/C11H7ClN2O5/c12-10-7(3-4-19-10)11(16)13-8-2-1-6(14(17)18)5-9(8)15/h1-5,15H,(H,13,16). The fraction of sp³-hybridized carbons (Fsp3) is 0. The van der Waals surface area contributed by atoms with Gasteiger partial charge in [0.2, 0.25) is 5.22 Å². The number of nitrogens with one attached hydrogen (secondary N) is 1. The number of nitro benzene ring substituents is 1. The van der Waals surface area contributed by atoms with Crippen molar-refractivity contribution in [3.63, 3.8) is 0 Å². The molecule has 1 aromatic carbocycles. The first-order chi connectivity index (χ1) is 8.99. The predicted octanol–water partition coefficient (Wildman–Crippen LogP) is 2.80. The Kier molecular flexibility index (Phi) is 3.39. The SMILES string of the molecule is O=C(Nc1ccc([N+](=O)[O-])cc1O)c1ccoc1Cl. The molecule has 2 N–H and O–H groups in total. The maximum Gasteiger partial charge on any atom is 0.273 e. The zero-order valence-corrected chi connectivity index (χ0v) is 10.0. The number of aromatic hydroxyl groups is 1. The number of nitro groups is 1. The third-order valence-electron chi connectivity index (χ3n) is 2.30. The van der Waals surface area contributed by atoms with Gasteiger partial charge in [-0.1, -0.05) is 0 Å². The number of furan rings is 1. The van der Waals surface area contributed by atoms with Crippen LogP contribution in [0.25, 0.3) is 0 Å². The molecule has 98 valence electrons. The molecule has 0 fully saturated rings. The average molecular weight is 283 g/mol. The lowest BCUT2D eigenvalue weighted by atomic mass is 10.2. The molecule has 2 aromatic rings. The molecule has 0 unspecified atom stereocenters. The molecule has 0 atom stereocenters. The van der Waals surface area contributed by atoms with Gasteiger partial charge in [0.15, 0.2) is 0 Å². The molecule has 0 saturated carbocycles. The van der Waals surface area contributed by atoms with E-state index in [1.165, 1.54) is 18.4 Å². The van der Waals surface area contributed by atoms with Gasteiger partial charge in [0.25, 0.3) is 11.6 Å². The van der Waals surface area contributed by atoms with Crippen molar-refractivity contribution in [2.24, 2.45) is 0 Å². The van der Waals surface area contributed by atoms with Gasteiger partial charge in [-0.25, -0.2) is 0 Å². The number of hydrogen-bond donors (Lipinski definition) is 2. The fourth-order valence-corrected chi connectivity index (χ4v) is 1.58. The van der Waals surface area contributed by atoms with E-state index in [1.807, 2.05) is 0 Å². The third kappa shape index (κ3) is 2.66. The summed E-state index contributed by atoms with van der Waals surface area (Å²) in [4.78, 5) is 21.6. The van der Waals surface area contributed by atoms with E-state index >= 15 is 0 Å². The number of phenols is 1. The number of non-ortho nitro benzene ring substituents is 1. The van der Waals surface area contributed by atoms with Gasteiger partial charge in [0.05, 0.1) is 28.5 Å². The van der Waals surface area contributed by atoms with Crippen molar-refractivity contribution in [3.05, 3.63) is 51.4 Å². The largest absolute Gasteiger partial charge is 0.506 e. The Morgan fingerprint density at radius 3 is 2.68 bits per heavy atom. The first kappa shape index (κ1) is 12.9. The molecule has 7 nitrogen and oxygen atoms in total. The number of rotatable bonds is 3. The minimum atomic E-state index is -0.654. The Hall–Kier alpha value is -2.54. The molecule has 0 bridgehead atoms. The quantitative estimate of drug-likeness (QED) is 0.511. The lowest BCUT2D eigenvalue weighted by Gasteiger charge is -2.05. The second-order valence-electron chi connectivity index (χ2n) is 3.52. The smallest absolute Gasteiger partial charge is 0.273 e. The van der Waals surface area contributed by atoms with Gasteiger partial charge in [0, 0.05) is 6.07 Å². The monoisotopic (exact) mass is 282 g/mol. The van der Waals surface area contributed by atoms with Crippen LogP contribution in [0.15, 0.2) is 34.9 Å². The third-order valence-corrected chi connectivity index (χ3v) is 2.60. The molecule has 0 aliphatic rings. The number of nitrogens with zero attached hydrogens (tertiary/aromatic N) is 1. The van der Waals surface area contributed by atoms with E-state index in [1.54, 1.807) is 0 Å². The highest BCUT2D eigenvalue weighted by atomic mass is 35.5. The van der Waals surface area contributed by atoms with E-state index in [4.69, 9.17) is 16.0 Å². The van der Waals surface area contributed by atoms with Crippen molar-refractivity contribution in [2.45, 2.75) is 0 Å². The number of carbonyl (C=O) groups excluding carboxylic acids is 1. The van der Waals surface area contributed by atoms with Crippen molar-refractivity contribution in [3.8, 4) is 5.75 Å². The van der Waals surface area contributed by atoms with E-state index in [0.29, 0.717) is 0 Å². The Morgan fingerprint density at radius 2 is 2.16 bits per heavy atom. The number of anilines is 1. The van der Waals surface area contributed by atoms with Crippen LogP contribution in [0, 0.1) is 10.1 Å². The Labute approximate surface area is 111 Å². The lowest BCUT2D eigenvalue weighted by molar-refractivity contribution is -0.384.